The van der Waals surface area contributed by atoms with E-state index in [1.54, 1.807) is 24.3 Å². The number of benzene rings is 1. The number of amides is 1. The number of rotatable bonds is 3. The molecule has 4 aromatic rings. The molecular formula is C20H12F6N4OS. The third-order valence-corrected chi connectivity index (χ3v) is 5.55. The highest BCUT2D eigenvalue weighted by Gasteiger charge is 2.42. The zero-order valence-electron chi connectivity index (χ0n) is 16.0. The Hall–Kier alpha value is -3.41. The molecule has 0 radical (unpaired) electrons. The fourth-order valence-corrected chi connectivity index (χ4v) is 4.20. The number of carbonyl (C=O) groups excluding carboxylic acids is 1. The van der Waals surface area contributed by atoms with E-state index < -0.39 is 40.9 Å². The number of nitrogens with zero attached hydrogens (tertiary/aromatic N) is 3. The molecule has 166 valence electrons. The molecule has 3 heterocycles. The monoisotopic (exact) mass is 470 g/mol. The van der Waals surface area contributed by atoms with Crippen LogP contribution in [0.1, 0.15) is 21.7 Å². The Kier molecular flexibility index (Phi) is 5.19. The lowest BCUT2D eigenvalue weighted by Crippen LogP contribution is -2.21. The lowest BCUT2D eigenvalue weighted by atomic mass is 10.0. The van der Waals surface area contributed by atoms with Crippen molar-refractivity contribution in [2.75, 3.05) is 5.32 Å². The zero-order chi connectivity index (χ0) is 23.3. The van der Waals surface area contributed by atoms with Crippen molar-refractivity contribution in [2.45, 2.75) is 12.4 Å². The highest BCUT2D eigenvalue weighted by atomic mass is 32.1. The van der Waals surface area contributed by atoms with Crippen LogP contribution in [0.2, 0.25) is 0 Å². The number of thiophene rings is 1. The summed E-state index contributed by atoms with van der Waals surface area (Å²) in [5, 5.41) is 8.08. The molecule has 12 heteroatoms. The average Bonchev–Trinajstić information content (AvgIpc) is 3.28. The molecule has 0 saturated heterocycles. The summed E-state index contributed by atoms with van der Waals surface area (Å²) >= 11 is 1.23. The van der Waals surface area contributed by atoms with Crippen molar-refractivity contribution in [1.82, 2.24) is 14.8 Å². The van der Waals surface area contributed by atoms with Crippen LogP contribution in [0.25, 0.3) is 21.3 Å². The number of nitrogens with one attached hydrogen (secondary N) is 1. The van der Waals surface area contributed by atoms with Crippen molar-refractivity contribution in [3.8, 4) is 11.3 Å². The predicted octanol–water partition coefficient (Wildman–Crippen LogP) is 5.99. The summed E-state index contributed by atoms with van der Waals surface area (Å²) in [6, 6.07) is 8.39. The van der Waals surface area contributed by atoms with Crippen LogP contribution in [0.5, 0.6) is 0 Å². The van der Waals surface area contributed by atoms with Crippen molar-refractivity contribution < 1.29 is 31.1 Å². The molecule has 5 nitrogen and oxygen atoms in total. The summed E-state index contributed by atoms with van der Waals surface area (Å²) in [6.45, 7) is 0. The topological polar surface area (TPSA) is 59.8 Å². The average molecular weight is 470 g/mol. The van der Waals surface area contributed by atoms with E-state index in [4.69, 9.17) is 0 Å². The van der Waals surface area contributed by atoms with Gasteiger partial charge in [0, 0.05) is 40.0 Å². The second-order valence-electron chi connectivity index (χ2n) is 6.72. The minimum Gasteiger partial charge on any atom is -0.321 e. The number of carbonyl (C=O) groups is 1. The molecule has 4 rings (SSSR count). The molecule has 0 spiro atoms. The number of pyridine rings is 1. The van der Waals surface area contributed by atoms with Gasteiger partial charge in [-0.1, -0.05) is 18.2 Å². The standard InChI is InChI=1S/C20H12F6N4OS/c1-30-17(18(31)28-10-6-7-27-14(8-10)19(21,22)23)15(20(24,25)26)16(29-30)12-9-32-13-5-3-2-4-11(12)13/h2-9H,1H3,(H,27,28,31). The lowest BCUT2D eigenvalue weighted by molar-refractivity contribution is -0.141. The minimum absolute atomic E-state index is 0.204. The van der Waals surface area contributed by atoms with Crippen LogP contribution in [-0.2, 0) is 19.4 Å². The first-order valence-corrected chi connectivity index (χ1v) is 9.80. The highest BCUT2D eigenvalue weighted by molar-refractivity contribution is 7.17. The fraction of sp³-hybridized carbons (Fsp3) is 0.150. The van der Waals surface area contributed by atoms with Gasteiger partial charge in [0.1, 0.15) is 22.6 Å². The van der Waals surface area contributed by atoms with Gasteiger partial charge in [0.2, 0.25) is 0 Å². The van der Waals surface area contributed by atoms with E-state index in [1.807, 2.05) is 0 Å². The molecule has 0 fully saturated rings. The summed E-state index contributed by atoms with van der Waals surface area (Å²) in [4.78, 5) is 15.9. The van der Waals surface area contributed by atoms with Crippen molar-refractivity contribution in [3.05, 3.63) is 64.9 Å². The van der Waals surface area contributed by atoms with Gasteiger partial charge in [-0.2, -0.15) is 31.4 Å². The number of alkyl halides is 6. The van der Waals surface area contributed by atoms with E-state index >= 15 is 0 Å². The summed E-state index contributed by atoms with van der Waals surface area (Å²) in [5.41, 5.74) is -3.97. The van der Waals surface area contributed by atoms with Gasteiger partial charge in [-0.15, -0.1) is 11.3 Å². The smallest absolute Gasteiger partial charge is 0.321 e. The SMILES string of the molecule is Cn1nc(-c2csc3ccccc23)c(C(F)(F)F)c1C(=O)Nc1ccnc(C(F)(F)F)c1. The Bertz CT molecular complexity index is 1320. The maximum Gasteiger partial charge on any atom is 0.433 e. The van der Waals surface area contributed by atoms with Crippen molar-refractivity contribution in [2.24, 2.45) is 7.05 Å². The van der Waals surface area contributed by atoms with Gasteiger partial charge in [0.15, 0.2) is 0 Å². The molecule has 3 aromatic heterocycles. The Morgan fingerprint density at radius 1 is 1.06 bits per heavy atom. The second kappa shape index (κ2) is 7.62. The molecule has 0 bridgehead atoms. The van der Waals surface area contributed by atoms with Gasteiger partial charge in [0.25, 0.3) is 5.91 Å². The van der Waals surface area contributed by atoms with E-state index in [2.05, 4.69) is 15.4 Å². The molecular weight excluding hydrogens is 458 g/mol. The Labute approximate surface area is 180 Å². The summed E-state index contributed by atoms with van der Waals surface area (Å²) in [7, 11) is 1.16. The Balaban J connectivity index is 1.81. The minimum atomic E-state index is -4.95. The second-order valence-corrected chi connectivity index (χ2v) is 7.63. The van der Waals surface area contributed by atoms with Crippen molar-refractivity contribution in [1.29, 1.82) is 0 Å². The number of hydrogen-bond donors (Lipinski definition) is 1. The first kappa shape index (κ1) is 21.8. The van der Waals surface area contributed by atoms with E-state index in [0.717, 1.165) is 28.7 Å². The van der Waals surface area contributed by atoms with Crippen LogP contribution in [0.3, 0.4) is 0 Å². The highest BCUT2D eigenvalue weighted by Crippen LogP contribution is 2.43. The molecule has 1 amide bonds. The van der Waals surface area contributed by atoms with Crippen molar-refractivity contribution in [3.63, 3.8) is 0 Å². The number of hydrogen-bond acceptors (Lipinski definition) is 4. The van der Waals surface area contributed by atoms with E-state index in [1.165, 1.54) is 16.7 Å². The summed E-state index contributed by atoms with van der Waals surface area (Å²) < 4.78 is 82.2. The maximum absolute atomic E-state index is 14.0. The molecule has 0 aliphatic carbocycles. The van der Waals surface area contributed by atoms with Gasteiger partial charge in [0.05, 0.1) is 0 Å². The summed E-state index contributed by atoms with van der Waals surface area (Å²) in [6.07, 6.45) is -8.93. The van der Waals surface area contributed by atoms with Gasteiger partial charge in [-0.3, -0.25) is 14.5 Å². The molecule has 32 heavy (non-hydrogen) atoms. The largest absolute Gasteiger partial charge is 0.433 e. The summed E-state index contributed by atoms with van der Waals surface area (Å²) in [5.74, 6) is -1.25. The lowest BCUT2D eigenvalue weighted by Gasteiger charge is -2.12. The van der Waals surface area contributed by atoms with Crippen LogP contribution in [-0.4, -0.2) is 20.7 Å². The molecule has 1 aromatic carbocycles. The number of anilines is 1. The number of halogens is 6. The number of aryl methyl sites for hydroxylation is 1. The molecule has 0 saturated carbocycles. The predicted molar refractivity (Wildman–Crippen MR) is 106 cm³/mol. The van der Waals surface area contributed by atoms with Gasteiger partial charge < -0.3 is 5.32 Å². The van der Waals surface area contributed by atoms with E-state index in [9.17, 15) is 31.1 Å². The molecule has 1 N–H and O–H groups in total. The fourth-order valence-electron chi connectivity index (χ4n) is 3.26. The molecule has 0 unspecified atom stereocenters. The maximum atomic E-state index is 14.0. The Morgan fingerprint density at radius 3 is 2.47 bits per heavy atom. The zero-order valence-corrected chi connectivity index (χ0v) is 16.9. The van der Waals surface area contributed by atoms with Crippen molar-refractivity contribution >= 4 is 33.0 Å². The van der Waals surface area contributed by atoms with Crippen LogP contribution < -0.4 is 5.32 Å². The number of aromatic nitrogens is 3. The molecule has 0 aliphatic heterocycles. The Morgan fingerprint density at radius 2 is 1.78 bits per heavy atom. The normalized spacial score (nSPS) is 12.3. The van der Waals surface area contributed by atoms with Crippen LogP contribution in [0.4, 0.5) is 32.0 Å². The molecule has 0 aliphatic rings. The quantitative estimate of drug-likeness (QED) is 0.375. The van der Waals surface area contributed by atoms with Gasteiger partial charge in [-0.25, -0.2) is 0 Å². The third-order valence-electron chi connectivity index (χ3n) is 4.59. The first-order chi connectivity index (χ1) is 15.0. The van der Waals surface area contributed by atoms with E-state index in [0.29, 0.717) is 11.5 Å². The van der Waals surface area contributed by atoms with Gasteiger partial charge >= 0.3 is 12.4 Å². The third kappa shape index (κ3) is 3.93. The van der Waals surface area contributed by atoms with E-state index in [-0.39, 0.29) is 11.3 Å². The van der Waals surface area contributed by atoms with Crippen LogP contribution >= 0.6 is 11.3 Å². The first-order valence-electron chi connectivity index (χ1n) is 8.92. The van der Waals surface area contributed by atoms with Crippen LogP contribution in [0.15, 0.2) is 48.0 Å². The van der Waals surface area contributed by atoms with Crippen LogP contribution in [0, 0.1) is 0 Å². The number of fused-ring (bicyclic) bond motifs is 1. The van der Waals surface area contributed by atoms with Gasteiger partial charge in [-0.05, 0) is 18.2 Å². The molecule has 0 atom stereocenters.